The van der Waals surface area contributed by atoms with Crippen LogP contribution in [0.5, 0.6) is 0 Å². The number of rotatable bonds is 7. The molecular formula is C21H20N2O2S2. The van der Waals surface area contributed by atoms with Gasteiger partial charge in [-0.2, -0.15) is 0 Å². The molecule has 3 aromatic rings. The number of nitrogens with one attached hydrogen (secondary N) is 2. The highest BCUT2D eigenvalue weighted by atomic mass is 32.2. The van der Waals surface area contributed by atoms with E-state index < -0.39 is 0 Å². The van der Waals surface area contributed by atoms with Crippen molar-refractivity contribution in [1.29, 1.82) is 0 Å². The van der Waals surface area contributed by atoms with Crippen molar-refractivity contribution in [1.82, 2.24) is 10.6 Å². The fourth-order valence-corrected chi connectivity index (χ4v) is 4.26. The number of hydrogen-bond acceptors (Lipinski definition) is 4. The second-order valence-corrected chi connectivity index (χ2v) is 8.16. The third kappa shape index (κ3) is 5.70. The average molecular weight is 397 g/mol. The summed E-state index contributed by atoms with van der Waals surface area (Å²) < 4.78 is 0. The van der Waals surface area contributed by atoms with Crippen LogP contribution in [0, 0.1) is 0 Å². The van der Waals surface area contributed by atoms with Crippen molar-refractivity contribution in [2.24, 2.45) is 0 Å². The Morgan fingerprint density at radius 3 is 2.41 bits per heavy atom. The first kappa shape index (κ1) is 19.2. The Hall–Kier alpha value is -2.57. The van der Waals surface area contributed by atoms with E-state index in [1.165, 1.54) is 18.3 Å². The lowest BCUT2D eigenvalue weighted by Crippen LogP contribution is -2.22. The minimum absolute atomic E-state index is 0.0816. The van der Waals surface area contributed by atoms with Gasteiger partial charge in [-0.15, -0.1) is 11.3 Å². The van der Waals surface area contributed by atoms with Crippen molar-refractivity contribution < 1.29 is 9.59 Å². The largest absolute Gasteiger partial charge is 0.351 e. The van der Waals surface area contributed by atoms with Crippen LogP contribution in [0.25, 0.3) is 0 Å². The Bertz CT molecular complexity index is 923. The molecule has 2 amide bonds. The lowest BCUT2D eigenvalue weighted by atomic mass is 10.2. The molecule has 3 rings (SSSR count). The highest BCUT2D eigenvalue weighted by Crippen LogP contribution is 2.30. The number of hydrogen-bond donors (Lipinski definition) is 2. The molecule has 138 valence electrons. The second-order valence-electron chi connectivity index (χ2n) is 5.88. The van der Waals surface area contributed by atoms with E-state index in [2.05, 4.69) is 28.8 Å². The van der Waals surface area contributed by atoms with Crippen LogP contribution < -0.4 is 10.6 Å². The predicted molar refractivity (Wildman–Crippen MR) is 110 cm³/mol. The summed E-state index contributed by atoms with van der Waals surface area (Å²) in [6.45, 7) is 2.39. The highest BCUT2D eigenvalue weighted by molar-refractivity contribution is 7.99. The Morgan fingerprint density at radius 2 is 1.63 bits per heavy atom. The van der Waals surface area contributed by atoms with Crippen LogP contribution in [0.4, 0.5) is 0 Å². The number of carbonyl (C=O) groups is 2. The van der Waals surface area contributed by atoms with Gasteiger partial charge in [-0.25, -0.2) is 0 Å². The lowest BCUT2D eigenvalue weighted by molar-refractivity contribution is -0.119. The number of carbonyl (C=O) groups excluding carboxylic acids is 2. The molecule has 0 aliphatic heterocycles. The highest BCUT2D eigenvalue weighted by Gasteiger charge is 2.11. The van der Waals surface area contributed by atoms with Gasteiger partial charge in [0, 0.05) is 28.1 Å². The number of amides is 2. The maximum absolute atomic E-state index is 12.4. The fourth-order valence-electron chi connectivity index (χ4n) is 2.43. The van der Waals surface area contributed by atoms with Gasteiger partial charge in [-0.3, -0.25) is 9.59 Å². The van der Waals surface area contributed by atoms with Crippen LogP contribution in [-0.4, -0.2) is 11.8 Å². The van der Waals surface area contributed by atoms with Crippen molar-refractivity contribution in [2.45, 2.75) is 29.8 Å². The minimum Gasteiger partial charge on any atom is -0.351 e. The zero-order chi connectivity index (χ0) is 19.1. The van der Waals surface area contributed by atoms with Crippen molar-refractivity contribution in [2.75, 3.05) is 0 Å². The molecule has 4 nitrogen and oxygen atoms in total. The van der Waals surface area contributed by atoms with Crippen LogP contribution >= 0.6 is 23.1 Å². The van der Waals surface area contributed by atoms with Crippen LogP contribution in [0.1, 0.15) is 27.0 Å². The molecule has 2 N–H and O–H groups in total. The summed E-state index contributed by atoms with van der Waals surface area (Å²) >= 11 is 3.08. The first-order chi connectivity index (χ1) is 13.1. The Balaban J connectivity index is 1.61. The zero-order valence-corrected chi connectivity index (χ0v) is 16.5. The Labute approximate surface area is 167 Å². The molecule has 0 aliphatic rings. The van der Waals surface area contributed by atoms with E-state index in [1.807, 2.05) is 42.5 Å². The predicted octanol–water partition coefficient (Wildman–Crippen LogP) is 4.47. The molecule has 1 heterocycles. The van der Waals surface area contributed by atoms with Gasteiger partial charge in [-0.1, -0.05) is 48.2 Å². The molecule has 0 saturated carbocycles. The number of benzene rings is 2. The molecular weight excluding hydrogens is 376 g/mol. The van der Waals surface area contributed by atoms with Gasteiger partial charge in [0.25, 0.3) is 5.91 Å². The van der Waals surface area contributed by atoms with E-state index in [0.717, 1.165) is 20.2 Å². The standard InChI is InChI=1S/C21H20N2O2S2/c1-15(24)22-14-18-11-12-20(27-18)21(25)23-13-16-7-5-6-10-19(16)26-17-8-3-2-4-9-17/h2-12H,13-14H2,1H3,(H,22,24)(H,23,25). The molecule has 2 aromatic carbocycles. The molecule has 0 atom stereocenters. The maximum atomic E-state index is 12.4. The Kier molecular flexibility index (Phi) is 6.68. The fraction of sp³-hybridized carbons (Fsp3) is 0.143. The van der Waals surface area contributed by atoms with Gasteiger partial charge < -0.3 is 10.6 Å². The summed E-state index contributed by atoms with van der Waals surface area (Å²) in [6.07, 6.45) is 0. The molecule has 0 saturated heterocycles. The summed E-state index contributed by atoms with van der Waals surface area (Å²) in [6, 6.07) is 21.9. The maximum Gasteiger partial charge on any atom is 0.261 e. The molecule has 0 unspecified atom stereocenters. The molecule has 27 heavy (non-hydrogen) atoms. The lowest BCUT2D eigenvalue weighted by Gasteiger charge is -2.10. The van der Waals surface area contributed by atoms with Gasteiger partial charge in [0.1, 0.15) is 0 Å². The van der Waals surface area contributed by atoms with Gasteiger partial charge in [-0.05, 0) is 35.9 Å². The van der Waals surface area contributed by atoms with E-state index in [-0.39, 0.29) is 11.8 Å². The third-order valence-corrected chi connectivity index (χ3v) is 5.99. The number of thiophene rings is 1. The van der Waals surface area contributed by atoms with Crippen LogP contribution in [0.3, 0.4) is 0 Å². The minimum atomic E-state index is -0.103. The van der Waals surface area contributed by atoms with E-state index in [9.17, 15) is 9.59 Å². The molecule has 1 aromatic heterocycles. The molecule has 6 heteroatoms. The van der Waals surface area contributed by atoms with Crippen LogP contribution in [0.15, 0.2) is 76.5 Å². The second kappa shape index (κ2) is 9.39. The van der Waals surface area contributed by atoms with Crippen LogP contribution in [0.2, 0.25) is 0 Å². The van der Waals surface area contributed by atoms with Gasteiger partial charge >= 0.3 is 0 Å². The van der Waals surface area contributed by atoms with E-state index in [1.54, 1.807) is 17.8 Å². The van der Waals surface area contributed by atoms with E-state index >= 15 is 0 Å². The summed E-state index contributed by atoms with van der Waals surface area (Å²) in [5, 5.41) is 5.73. The smallest absolute Gasteiger partial charge is 0.261 e. The zero-order valence-electron chi connectivity index (χ0n) is 14.9. The van der Waals surface area contributed by atoms with E-state index in [4.69, 9.17) is 0 Å². The van der Waals surface area contributed by atoms with E-state index in [0.29, 0.717) is 18.0 Å². The van der Waals surface area contributed by atoms with Crippen molar-refractivity contribution >= 4 is 34.9 Å². The molecule has 0 spiro atoms. The van der Waals surface area contributed by atoms with Crippen molar-refractivity contribution in [3.8, 4) is 0 Å². The third-order valence-electron chi connectivity index (χ3n) is 3.78. The van der Waals surface area contributed by atoms with Gasteiger partial charge in [0.2, 0.25) is 5.91 Å². The normalized spacial score (nSPS) is 10.4. The summed E-state index contributed by atoms with van der Waals surface area (Å²) in [5.41, 5.74) is 1.08. The Morgan fingerprint density at radius 1 is 0.889 bits per heavy atom. The van der Waals surface area contributed by atoms with Gasteiger partial charge in [0.05, 0.1) is 11.4 Å². The van der Waals surface area contributed by atoms with Crippen molar-refractivity contribution in [3.05, 3.63) is 82.0 Å². The topological polar surface area (TPSA) is 58.2 Å². The average Bonchev–Trinajstić information content (AvgIpc) is 3.15. The first-order valence-electron chi connectivity index (χ1n) is 8.54. The van der Waals surface area contributed by atoms with Crippen molar-refractivity contribution in [3.63, 3.8) is 0 Å². The molecule has 0 radical (unpaired) electrons. The SMILES string of the molecule is CC(=O)NCc1ccc(C(=O)NCc2ccccc2Sc2ccccc2)s1. The summed E-state index contributed by atoms with van der Waals surface area (Å²) in [4.78, 5) is 27.3. The summed E-state index contributed by atoms with van der Waals surface area (Å²) in [5.74, 6) is -0.185. The first-order valence-corrected chi connectivity index (χ1v) is 10.2. The monoisotopic (exact) mass is 396 g/mol. The molecule has 0 fully saturated rings. The van der Waals surface area contributed by atoms with Crippen LogP contribution in [-0.2, 0) is 17.9 Å². The molecule has 0 bridgehead atoms. The summed E-state index contributed by atoms with van der Waals surface area (Å²) in [7, 11) is 0. The quantitative estimate of drug-likeness (QED) is 0.620. The molecule has 0 aliphatic carbocycles. The van der Waals surface area contributed by atoms with Gasteiger partial charge in [0.15, 0.2) is 0 Å².